The number of benzene rings is 2. The number of carboxylic acids is 1. The van der Waals surface area contributed by atoms with E-state index < -0.39 is 21.8 Å². The van der Waals surface area contributed by atoms with Gasteiger partial charge < -0.3 is 10.0 Å². The maximum atomic E-state index is 13.4. The molecule has 176 valence electrons. The highest BCUT2D eigenvalue weighted by Gasteiger charge is 2.19. The van der Waals surface area contributed by atoms with E-state index in [0.717, 1.165) is 36.4 Å². The van der Waals surface area contributed by atoms with E-state index in [9.17, 15) is 22.7 Å². The summed E-state index contributed by atoms with van der Waals surface area (Å²) in [6.45, 7) is 4.59. The molecule has 0 aliphatic carbocycles. The van der Waals surface area contributed by atoms with E-state index in [1.807, 2.05) is 30.5 Å². The van der Waals surface area contributed by atoms with E-state index in [2.05, 4.69) is 9.82 Å². The lowest BCUT2D eigenvalue weighted by Crippen LogP contribution is -2.22. The Morgan fingerprint density at radius 2 is 1.94 bits per heavy atom. The van der Waals surface area contributed by atoms with Crippen LogP contribution in [0.2, 0.25) is 0 Å². The molecule has 0 aliphatic rings. The fraction of sp³-hybridized carbons (Fsp3) is 0.304. The van der Waals surface area contributed by atoms with Crippen LogP contribution in [0.3, 0.4) is 0 Å². The topological polar surface area (TPSA) is 105 Å². The summed E-state index contributed by atoms with van der Waals surface area (Å²) in [6.07, 6.45) is 1.60. The molecule has 0 amide bonds. The highest BCUT2D eigenvalue weighted by Crippen LogP contribution is 2.26. The van der Waals surface area contributed by atoms with Crippen LogP contribution >= 0.6 is 0 Å². The lowest BCUT2D eigenvalue weighted by molar-refractivity contribution is 0.0697. The van der Waals surface area contributed by atoms with Crippen LogP contribution in [-0.4, -0.2) is 42.9 Å². The molecular weight excluding hydrogens is 447 g/mol. The Morgan fingerprint density at radius 3 is 2.55 bits per heavy atom. The molecule has 0 unspecified atom stereocenters. The molecule has 0 aliphatic heterocycles. The van der Waals surface area contributed by atoms with Gasteiger partial charge in [0.05, 0.1) is 21.8 Å². The van der Waals surface area contributed by atoms with E-state index in [1.165, 1.54) is 29.8 Å². The molecule has 10 heteroatoms. The third-order valence-corrected chi connectivity index (χ3v) is 6.95. The molecule has 0 saturated carbocycles. The van der Waals surface area contributed by atoms with Crippen LogP contribution in [0, 0.1) is 19.7 Å². The van der Waals surface area contributed by atoms with Crippen LogP contribution in [0.4, 0.5) is 15.8 Å². The van der Waals surface area contributed by atoms with Crippen molar-refractivity contribution in [3.8, 4) is 0 Å². The summed E-state index contributed by atoms with van der Waals surface area (Å²) in [5, 5.41) is 14.1. The Hall–Kier alpha value is -3.40. The number of aromatic nitrogens is 2. The van der Waals surface area contributed by atoms with E-state index in [1.54, 1.807) is 13.1 Å². The number of hydrogen-bond donors (Lipinski definition) is 2. The van der Waals surface area contributed by atoms with Crippen LogP contribution in [0.1, 0.15) is 33.7 Å². The lowest BCUT2D eigenvalue weighted by atomic mass is 10.1. The van der Waals surface area contributed by atoms with Gasteiger partial charge in [0.15, 0.2) is 0 Å². The van der Waals surface area contributed by atoms with Gasteiger partial charge >= 0.3 is 5.97 Å². The van der Waals surface area contributed by atoms with Crippen molar-refractivity contribution in [2.24, 2.45) is 7.05 Å². The summed E-state index contributed by atoms with van der Waals surface area (Å²) in [6, 6.07) is 8.91. The molecule has 2 aromatic carbocycles. The van der Waals surface area contributed by atoms with Gasteiger partial charge in [-0.2, -0.15) is 5.10 Å². The standard InChI is InChI=1S/C23H27FN4O4S/c1-15-20(16(2)28(4)25-15)9-6-12-27(3)22-11-10-18(14-21(22)23(29)30)26-33(31,32)19-8-5-7-17(24)13-19/h5,7-8,10-11,13-14,26H,6,9,12H2,1-4H3,(H,29,30). The first-order valence-electron chi connectivity index (χ1n) is 10.4. The molecule has 3 rings (SSSR count). The van der Waals surface area contributed by atoms with Gasteiger partial charge in [0, 0.05) is 32.0 Å². The Bertz CT molecular complexity index is 1290. The first kappa shape index (κ1) is 24.2. The second-order valence-electron chi connectivity index (χ2n) is 7.90. The molecular formula is C23H27FN4O4S. The second kappa shape index (κ2) is 9.62. The number of hydrogen-bond acceptors (Lipinski definition) is 5. The van der Waals surface area contributed by atoms with Gasteiger partial charge in [0.25, 0.3) is 10.0 Å². The maximum Gasteiger partial charge on any atom is 0.337 e. The van der Waals surface area contributed by atoms with Crippen molar-refractivity contribution in [3.05, 3.63) is 70.8 Å². The predicted octanol–water partition coefficient (Wildman–Crippen LogP) is 3.74. The number of carbonyl (C=O) groups is 1. The predicted molar refractivity (Wildman–Crippen MR) is 125 cm³/mol. The van der Waals surface area contributed by atoms with Crippen molar-refractivity contribution in [3.63, 3.8) is 0 Å². The molecule has 0 fully saturated rings. The van der Waals surface area contributed by atoms with Crippen molar-refractivity contribution in [1.29, 1.82) is 0 Å². The zero-order valence-corrected chi connectivity index (χ0v) is 19.8. The van der Waals surface area contributed by atoms with E-state index >= 15 is 0 Å². The fourth-order valence-electron chi connectivity index (χ4n) is 3.74. The number of rotatable bonds is 9. The largest absolute Gasteiger partial charge is 0.478 e. The monoisotopic (exact) mass is 474 g/mol. The molecule has 2 N–H and O–H groups in total. The minimum Gasteiger partial charge on any atom is -0.478 e. The number of aryl methyl sites for hydroxylation is 2. The average molecular weight is 475 g/mol. The Morgan fingerprint density at radius 1 is 1.21 bits per heavy atom. The van der Waals surface area contributed by atoms with Crippen molar-refractivity contribution in [2.75, 3.05) is 23.2 Å². The number of carboxylic acid groups (broad SMARTS) is 1. The molecule has 3 aromatic rings. The first-order valence-corrected chi connectivity index (χ1v) is 11.8. The van der Waals surface area contributed by atoms with E-state index in [0.29, 0.717) is 12.2 Å². The number of anilines is 2. The van der Waals surface area contributed by atoms with Crippen LogP contribution in [0.25, 0.3) is 0 Å². The highest BCUT2D eigenvalue weighted by molar-refractivity contribution is 7.92. The Balaban J connectivity index is 1.76. The van der Waals surface area contributed by atoms with E-state index in [-0.39, 0.29) is 16.1 Å². The minimum absolute atomic E-state index is 0.0364. The van der Waals surface area contributed by atoms with Crippen LogP contribution in [0.15, 0.2) is 47.4 Å². The minimum atomic E-state index is -4.07. The van der Waals surface area contributed by atoms with Gasteiger partial charge in [-0.25, -0.2) is 17.6 Å². The Labute approximate surface area is 192 Å². The summed E-state index contributed by atoms with van der Waals surface area (Å²) in [5.74, 6) is -1.86. The fourth-order valence-corrected chi connectivity index (χ4v) is 4.83. The molecule has 0 atom stereocenters. The summed E-state index contributed by atoms with van der Waals surface area (Å²) < 4.78 is 42.7. The van der Waals surface area contributed by atoms with Crippen molar-refractivity contribution in [1.82, 2.24) is 9.78 Å². The quantitative estimate of drug-likeness (QED) is 0.490. The summed E-state index contributed by atoms with van der Waals surface area (Å²) in [4.78, 5) is 13.5. The van der Waals surface area contributed by atoms with Crippen molar-refractivity contribution < 1.29 is 22.7 Å². The average Bonchev–Trinajstić information content (AvgIpc) is 2.99. The lowest BCUT2D eigenvalue weighted by Gasteiger charge is -2.22. The van der Waals surface area contributed by atoms with Gasteiger partial charge in [0.1, 0.15) is 5.82 Å². The summed E-state index contributed by atoms with van der Waals surface area (Å²) in [7, 11) is -0.370. The Kier molecular flexibility index (Phi) is 7.06. The molecule has 0 saturated heterocycles. The zero-order valence-electron chi connectivity index (χ0n) is 19.0. The summed E-state index contributed by atoms with van der Waals surface area (Å²) >= 11 is 0. The number of halogens is 1. The molecule has 1 aromatic heterocycles. The second-order valence-corrected chi connectivity index (χ2v) is 9.58. The molecule has 8 nitrogen and oxygen atoms in total. The maximum absolute atomic E-state index is 13.4. The van der Waals surface area contributed by atoms with Crippen molar-refractivity contribution in [2.45, 2.75) is 31.6 Å². The number of nitrogens with zero attached hydrogens (tertiary/aromatic N) is 3. The molecule has 1 heterocycles. The van der Waals surface area contributed by atoms with Gasteiger partial charge in [-0.05, 0) is 68.7 Å². The number of sulfonamides is 1. The van der Waals surface area contributed by atoms with Crippen LogP contribution in [-0.2, 0) is 23.5 Å². The third kappa shape index (κ3) is 5.51. The SMILES string of the molecule is Cc1nn(C)c(C)c1CCCN(C)c1ccc(NS(=O)(=O)c2cccc(F)c2)cc1C(=O)O. The first-order chi connectivity index (χ1) is 15.5. The number of nitrogens with one attached hydrogen (secondary N) is 1. The smallest absolute Gasteiger partial charge is 0.337 e. The van der Waals surface area contributed by atoms with E-state index in [4.69, 9.17) is 0 Å². The molecule has 33 heavy (non-hydrogen) atoms. The molecule has 0 spiro atoms. The van der Waals surface area contributed by atoms with Gasteiger partial charge in [0.2, 0.25) is 0 Å². The van der Waals surface area contributed by atoms with Crippen LogP contribution in [0.5, 0.6) is 0 Å². The molecule has 0 radical (unpaired) electrons. The van der Waals surface area contributed by atoms with Gasteiger partial charge in [-0.15, -0.1) is 0 Å². The normalized spacial score (nSPS) is 11.4. The summed E-state index contributed by atoms with van der Waals surface area (Å²) in [5.41, 5.74) is 3.79. The molecule has 0 bridgehead atoms. The highest BCUT2D eigenvalue weighted by atomic mass is 32.2. The number of aromatic carboxylic acids is 1. The van der Waals surface area contributed by atoms with Crippen LogP contribution < -0.4 is 9.62 Å². The third-order valence-electron chi connectivity index (χ3n) is 5.58. The van der Waals surface area contributed by atoms with Gasteiger partial charge in [-0.3, -0.25) is 9.40 Å². The van der Waals surface area contributed by atoms with Crippen molar-refractivity contribution >= 4 is 27.4 Å². The zero-order chi connectivity index (χ0) is 24.3. The van der Waals surface area contributed by atoms with Gasteiger partial charge in [-0.1, -0.05) is 6.07 Å².